The molecule has 10 heteroatoms. The van der Waals surface area contributed by atoms with Gasteiger partial charge in [0.15, 0.2) is 0 Å². The maximum absolute atomic E-state index is 12.2. The summed E-state index contributed by atoms with van der Waals surface area (Å²) in [7, 11) is 0. The van der Waals surface area contributed by atoms with Crippen molar-refractivity contribution in [2.24, 2.45) is 0 Å². The molecule has 0 bridgehead atoms. The summed E-state index contributed by atoms with van der Waals surface area (Å²) in [5, 5.41) is 23.3. The molecule has 0 aliphatic carbocycles. The summed E-state index contributed by atoms with van der Waals surface area (Å²) in [6.45, 7) is 1.69. The first-order valence-electron chi connectivity index (χ1n) is 8.36. The predicted molar refractivity (Wildman–Crippen MR) is 93.3 cm³/mol. The van der Waals surface area contributed by atoms with Gasteiger partial charge < -0.3 is 20.3 Å². The normalized spacial score (nSPS) is 25.1. The van der Waals surface area contributed by atoms with Crippen LogP contribution in [0.3, 0.4) is 0 Å². The molecular weight excluding hydrogens is 356 g/mol. The second kappa shape index (κ2) is 7.82. The van der Waals surface area contributed by atoms with Gasteiger partial charge in [-0.25, -0.2) is 4.79 Å². The van der Waals surface area contributed by atoms with Crippen molar-refractivity contribution in [2.45, 2.75) is 37.8 Å². The number of aryl methyl sites for hydroxylation is 1. The van der Waals surface area contributed by atoms with E-state index < -0.39 is 41.5 Å². The number of H-pyrrole nitrogens is 1. The van der Waals surface area contributed by atoms with Crippen LogP contribution in [0.5, 0.6) is 0 Å². The molecule has 4 N–H and O–H groups in total. The van der Waals surface area contributed by atoms with E-state index >= 15 is 0 Å². The van der Waals surface area contributed by atoms with Gasteiger partial charge in [0, 0.05) is 24.2 Å². The number of aliphatic hydroxyl groups is 2. The maximum atomic E-state index is 12.2. The lowest BCUT2D eigenvalue weighted by Crippen LogP contribution is -2.60. The van der Waals surface area contributed by atoms with Crippen LogP contribution in [0.25, 0.3) is 0 Å². The standard InChI is InChI=1S/C17H20N4O6/c1-9-2-3-10(6-18-9)16(25)19-11-8-27-12(15(24)14(11)23)7-21-5-4-13(22)20-17(21)26/h2-6,11-12,14-15,23-24H,7-8H2,1H3,(H,19,25)(H,20,22,26)/t11-,12-,14+,15-/m1/s1. The van der Waals surface area contributed by atoms with Gasteiger partial charge in [0.05, 0.1) is 24.8 Å². The Hall–Kier alpha value is -2.82. The van der Waals surface area contributed by atoms with E-state index in [1.165, 1.54) is 23.0 Å². The largest absolute Gasteiger partial charge is 0.388 e. The summed E-state index contributed by atoms with van der Waals surface area (Å²) in [6.07, 6.45) is -0.800. The van der Waals surface area contributed by atoms with Gasteiger partial charge in [-0.1, -0.05) is 0 Å². The van der Waals surface area contributed by atoms with Crippen LogP contribution in [0.4, 0.5) is 0 Å². The molecule has 0 unspecified atom stereocenters. The minimum Gasteiger partial charge on any atom is -0.388 e. The zero-order chi connectivity index (χ0) is 19.6. The van der Waals surface area contributed by atoms with Crippen LogP contribution in [0.1, 0.15) is 16.1 Å². The van der Waals surface area contributed by atoms with Gasteiger partial charge in [-0.15, -0.1) is 0 Å². The molecule has 2 aromatic heterocycles. The fraction of sp³-hybridized carbons (Fsp3) is 0.412. The Labute approximate surface area is 153 Å². The lowest BCUT2D eigenvalue weighted by atomic mass is 9.97. The number of aromatic amines is 1. The number of carbonyl (C=O) groups excluding carboxylic acids is 1. The van der Waals surface area contributed by atoms with E-state index in [0.717, 1.165) is 5.69 Å². The molecule has 27 heavy (non-hydrogen) atoms. The average Bonchev–Trinajstić information content (AvgIpc) is 2.63. The smallest absolute Gasteiger partial charge is 0.328 e. The number of nitrogens with one attached hydrogen (secondary N) is 2. The van der Waals surface area contributed by atoms with Crippen LogP contribution in [0.15, 0.2) is 40.2 Å². The molecule has 1 aliphatic heterocycles. The number of aliphatic hydroxyl groups excluding tert-OH is 2. The molecule has 0 saturated carbocycles. The monoisotopic (exact) mass is 376 g/mol. The molecule has 1 aliphatic rings. The molecule has 4 atom stereocenters. The maximum Gasteiger partial charge on any atom is 0.328 e. The summed E-state index contributed by atoms with van der Waals surface area (Å²) in [6, 6.07) is 3.65. The van der Waals surface area contributed by atoms with Crippen LogP contribution >= 0.6 is 0 Å². The van der Waals surface area contributed by atoms with E-state index in [-0.39, 0.29) is 13.2 Å². The molecule has 1 fully saturated rings. The van der Waals surface area contributed by atoms with Gasteiger partial charge in [-0.05, 0) is 19.1 Å². The van der Waals surface area contributed by atoms with Gasteiger partial charge in [-0.2, -0.15) is 0 Å². The summed E-state index contributed by atoms with van der Waals surface area (Å²) in [5.41, 5.74) is -0.0857. The zero-order valence-corrected chi connectivity index (χ0v) is 14.5. The lowest BCUT2D eigenvalue weighted by Gasteiger charge is -2.38. The predicted octanol–water partition coefficient (Wildman–Crippen LogP) is -1.84. The molecule has 1 saturated heterocycles. The number of pyridine rings is 1. The fourth-order valence-corrected chi connectivity index (χ4v) is 2.81. The Bertz CT molecular complexity index is 922. The highest BCUT2D eigenvalue weighted by atomic mass is 16.5. The fourth-order valence-electron chi connectivity index (χ4n) is 2.81. The van der Waals surface area contributed by atoms with E-state index in [1.807, 2.05) is 0 Å². The summed E-state index contributed by atoms with van der Waals surface area (Å²) in [5.74, 6) is -0.447. The number of nitrogens with zero attached hydrogens (tertiary/aromatic N) is 2. The number of hydrogen-bond acceptors (Lipinski definition) is 7. The minimum absolute atomic E-state index is 0.0496. The molecule has 10 nitrogen and oxygen atoms in total. The number of amides is 1. The van der Waals surface area contributed by atoms with Crippen molar-refractivity contribution in [3.63, 3.8) is 0 Å². The van der Waals surface area contributed by atoms with E-state index in [4.69, 9.17) is 4.74 Å². The van der Waals surface area contributed by atoms with E-state index in [1.54, 1.807) is 19.1 Å². The Kier molecular flexibility index (Phi) is 5.49. The summed E-state index contributed by atoms with van der Waals surface area (Å²) in [4.78, 5) is 41.2. The number of aromatic nitrogens is 3. The Balaban J connectivity index is 1.64. The molecule has 1 amide bonds. The van der Waals surface area contributed by atoms with Gasteiger partial charge in [-0.3, -0.25) is 24.1 Å². The topological polar surface area (TPSA) is 147 Å². The van der Waals surface area contributed by atoms with Crippen LogP contribution in [-0.4, -0.2) is 61.6 Å². The first kappa shape index (κ1) is 19.0. The van der Waals surface area contributed by atoms with Crippen molar-refractivity contribution < 1.29 is 19.7 Å². The van der Waals surface area contributed by atoms with Crippen LogP contribution in [-0.2, 0) is 11.3 Å². The zero-order valence-electron chi connectivity index (χ0n) is 14.5. The molecule has 3 rings (SSSR count). The van der Waals surface area contributed by atoms with Crippen molar-refractivity contribution in [2.75, 3.05) is 6.61 Å². The van der Waals surface area contributed by atoms with Gasteiger partial charge >= 0.3 is 5.69 Å². The van der Waals surface area contributed by atoms with Gasteiger partial charge in [0.1, 0.15) is 18.3 Å². The number of hydrogen-bond donors (Lipinski definition) is 4. The van der Waals surface area contributed by atoms with Gasteiger partial charge in [0.2, 0.25) is 0 Å². The van der Waals surface area contributed by atoms with Crippen LogP contribution in [0, 0.1) is 6.92 Å². The molecule has 2 aromatic rings. The molecule has 3 heterocycles. The van der Waals surface area contributed by atoms with Crippen molar-refractivity contribution in [1.29, 1.82) is 0 Å². The second-order valence-electron chi connectivity index (χ2n) is 6.38. The third-order valence-electron chi connectivity index (χ3n) is 4.40. The highest BCUT2D eigenvalue weighted by Crippen LogP contribution is 2.17. The van der Waals surface area contributed by atoms with Gasteiger partial charge in [0.25, 0.3) is 11.5 Å². The summed E-state index contributed by atoms with van der Waals surface area (Å²) >= 11 is 0. The Morgan fingerprint density at radius 1 is 1.33 bits per heavy atom. The number of carbonyl (C=O) groups is 1. The SMILES string of the molecule is Cc1ccc(C(=O)N[C@@H]2CO[C@H](Cn3ccc(=O)[nH]c3=O)[C@@H](O)[C@H]2O)cn1. The van der Waals surface area contributed by atoms with Crippen molar-refractivity contribution in [1.82, 2.24) is 19.9 Å². The lowest BCUT2D eigenvalue weighted by molar-refractivity contribution is -0.152. The van der Waals surface area contributed by atoms with Crippen LogP contribution in [0.2, 0.25) is 0 Å². The van der Waals surface area contributed by atoms with E-state index in [9.17, 15) is 24.6 Å². The van der Waals surface area contributed by atoms with E-state index in [2.05, 4.69) is 15.3 Å². The third-order valence-corrected chi connectivity index (χ3v) is 4.40. The number of ether oxygens (including phenoxy) is 1. The van der Waals surface area contributed by atoms with Crippen molar-refractivity contribution in [3.8, 4) is 0 Å². The minimum atomic E-state index is -1.33. The third kappa shape index (κ3) is 4.30. The Morgan fingerprint density at radius 2 is 2.11 bits per heavy atom. The first-order valence-corrected chi connectivity index (χ1v) is 8.36. The quantitative estimate of drug-likeness (QED) is 0.490. The highest BCUT2D eigenvalue weighted by molar-refractivity contribution is 5.94. The van der Waals surface area contributed by atoms with E-state index in [0.29, 0.717) is 5.56 Å². The highest BCUT2D eigenvalue weighted by Gasteiger charge is 2.39. The molecule has 0 aromatic carbocycles. The molecule has 0 radical (unpaired) electrons. The first-order chi connectivity index (χ1) is 12.8. The average molecular weight is 376 g/mol. The molecule has 0 spiro atoms. The number of rotatable bonds is 4. The van der Waals surface area contributed by atoms with Crippen molar-refractivity contribution >= 4 is 5.91 Å². The summed E-state index contributed by atoms with van der Waals surface area (Å²) < 4.78 is 6.69. The molecule has 144 valence electrons. The van der Waals surface area contributed by atoms with Crippen molar-refractivity contribution in [3.05, 3.63) is 62.7 Å². The Morgan fingerprint density at radius 3 is 2.78 bits per heavy atom. The van der Waals surface area contributed by atoms with Crippen LogP contribution < -0.4 is 16.6 Å². The molecular formula is C17H20N4O6. The second-order valence-corrected chi connectivity index (χ2v) is 6.38.